The quantitative estimate of drug-likeness (QED) is 0.709. The summed E-state index contributed by atoms with van der Waals surface area (Å²) in [4.78, 5) is 22.3. The van der Waals surface area contributed by atoms with Crippen LogP contribution >= 0.6 is 0 Å². The average Bonchev–Trinajstić information content (AvgIpc) is 2.10. The molecule has 0 rings (SSSR count). The average molecular weight is 214 g/mol. The maximum Gasteiger partial charge on any atom is 0.306 e. The molecule has 0 saturated heterocycles. The van der Waals surface area contributed by atoms with Crippen LogP contribution in [-0.2, 0) is 9.59 Å². The zero-order valence-electron chi connectivity index (χ0n) is 10.1. The van der Waals surface area contributed by atoms with Crippen LogP contribution in [0, 0.1) is 17.8 Å². The third-order valence-corrected chi connectivity index (χ3v) is 2.49. The molecule has 0 aliphatic heterocycles. The first-order valence-electron chi connectivity index (χ1n) is 5.60. The summed E-state index contributed by atoms with van der Waals surface area (Å²) in [6, 6.07) is 0. The molecule has 0 heterocycles. The summed E-state index contributed by atoms with van der Waals surface area (Å²) in [5.74, 6) is -0.614. The van der Waals surface area contributed by atoms with E-state index >= 15 is 0 Å². The lowest BCUT2D eigenvalue weighted by Gasteiger charge is -2.14. The van der Waals surface area contributed by atoms with Crippen molar-refractivity contribution in [2.45, 2.75) is 47.0 Å². The predicted molar refractivity (Wildman–Crippen MR) is 59.7 cm³/mol. The summed E-state index contributed by atoms with van der Waals surface area (Å²) in [5.41, 5.74) is 0. The van der Waals surface area contributed by atoms with Gasteiger partial charge in [-0.15, -0.1) is 0 Å². The molecule has 1 atom stereocenters. The summed E-state index contributed by atoms with van der Waals surface area (Å²) in [7, 11) is 0. The first kappa shape index (κ1) is 14.1. The molecule has 1 N–H and O–H groups in total. The van der Waals surface area contributed by atoms with Crippen molar-refractivity contribution in [3.8, 4) is 0 Å². The Bertz CT molecular complexity index is 219. The SMILES string of the molecule is CC(C)CC(CCC(=O)C(C)C)C(=O)O. The van der Waals surface area contributed by atoms with Gasteiger partial charge in [0.15, 0.2) is 0 Å². The normalized spacial score (nSPS) is 13.2. The van der Waals surface area contributed by atoms with E-state index in [0.29, 0.717) is 25.2 Å². The summed E-state index contributed by atoms with van der Waals surface area (Å²) < 4.78 is 0. The number of hydrogen-bond acceptors (Lipinski definition) is 2. The van der Waals surface area contributed by atoms with E-state index in [1.165, 1.54) is 0 Å². The van der Waals surface area contributed by atoms with Crippen molar-refractivity contribution in [1.82, 2.24) is 0 Å². The van der Waals surface area contributed by atoms with Crippen LogP contribution in [0.4, 0.5) is 0 Å². The molecule has 0 fully saturated rings. The molecule has 88 valence electrons. The van der Waals surface area contributed by atoms with E-state index in [2.05, 4.69) is 0 Å². The molecule has 0 spiro atoms. The number of carbonyl (C=O) groups is 2. The van der Waals surface area contributed by atoms with Gasteiger partial charge in [-0.2, -0.15) is 0 Å². The number of aliphatic carboxylic acids is 1. The molecule has 0 amide bonds. The Hall–Kier alpha value is -0.860. The maximum absolute atomic E-state index is 11.4. The van der Waals surface area contributed by atoms with Crippen LogP contribution < -0.4 is 0 Å². The smallest absolute Gasteiger partial charge is 0.306 e. The number of hydrogen-bond donors (Lipinski definition) is 1. The number of carboxylic acid groups (broad SMARTS) is 1. The van der Waals surface area contributed by atoms with Crippen molar-refractivity contribution < 1.29 is 14.7 Å². The van der Waals surface area contributed by atoms with E-state index in [4.69, 9.17) is 5.11 Å². The minimum Gasteiger partial charge on any atom is -0.481 e. The second-order valence-electron chi connectivity index (χ2n) is 4.82. The Balaban J connectivity index is 4.07. The molecule has 0 aliphatic rings. The van der Waals surface area contributed by atoms with Gasteiger partial charge in [-0.1, -0.05) is 27.7 Å². The standard InChI is InChI=1S/C12H22O3/c1-8(2)7-10(12(14)15)5-6-11(13)9(3)4/h8-10H,5-7H2,1-4H3,(H,14,15). The number of Topliss-reactive ketones (excluding diaryl/α,β-unsaturated/α-hetero) is 1. The van der Waals surface area contributed by atoms with E-state index in [9.17, 15) is 9.59 Å². The molecule has 0 bridgehead atoms. The lowest BCUT2D eigenvalue weighted by molar-refractivity contribution is -0.142. The van der Waals surface area contributed by atoms with E-state index in [1.54, 1.807) is 0 Å². The first-order chi connectivity index (χ1) is 6.84. The lowest BCUT2D eigenvalue weighted by Crippen LogP contribution is -2.18. The van der Waals surface area contributed by atoms with Crippen LogP contribution in [0.2, 0.25) is 0 Å². The summed E-state index contributed by atoms with van der Waals surface area (Å²) in [6.45, 7) is 7.70. The minimum atomic E-state index is -0.778. The minimum absolute atomic E-state index is 0.0125. The molecule has 0 saturated carbocycles. The number of rotatable bonds is 7. The third-order valence-electron chi connectivity index (χ3n) is 2.49. The third kappa shape index (κ3) is 6.26. The Morgan fingerprint density at radius 1 is 1.13 bits per heavy atom. The Kier molecular flexibility index (Phi) is 6.21. The van der Waals surface area contributed by atoms with Gasteiger partial charge in [-0.05, 0) is 18.8 Å². The van der Waals surface area contributed by atoms with Crippen LogP contribution in [-0.4, -0.2) is 16.9 Å². The van der Waals surface area contributed by atoms with Gasteiger partial charge >= 0.3 is 5.97 Å². The molecular weight excluding hydrogens is 192 g/mol. The van der Waals surface area contributed by atoms with E-state index in [1.807, 2.05) is 27.7 Å². The highest BCUT2D eigenvalue weighted by molar-refractivity contribution is 5.81. The fourth-order valence-corrected chi connectivity index (χ4v) is 1.52. The van der Waals surface area contributed by atoms with Crippen molar-refractivity contribution in [1.29, 1.82) is 0 Å². The lowest BCUT2D eigenvalue weighted by atomic mass is 9.90. The van der Waals surface area contributed by atoms with Gasteiger partial charge in [0.2, 0.25) is 0 Å². The van der Waals surface area contributed by atoms with Crippen molar-refractivity contribution in [2.75, 3.05) is 0 Å². The van der Waals surface area contributed by atoms with E-state index in [0.717, 1.165) is 0 Å². The fourth-order valence-electron chi connectivity index (χ4n) is 1.52. The van der Waals surface area contributed by atoms with Gasteiger partial charge in [0.25, 0.3) is 0 Å². The largest absolute Gasteiger partial charge is 0.481 e. The first-order valence-corrected chi connectivity index (χ1v) is 5.60. The Morgan fingerprint density at radius 3 is 2.00 bits per heavy atom. The molecular formula is C12H22O3. The number of carboxylic acids is 1. The topological polar surface area (TPSA) is 54.4 Å². The van der Waals surface area contributed by atoms with Crippen LogP contribution in [0.1, 0.15) is 47.0 Å². The van der Waals surface area contributed by atoms with Crippen molar-refractivity contribution in [3.63, 3.8) is 0 Å². The second-order valence-corrected chi connectivity index (χ2v) is 4.82. The fraction of sp³-hybridized carbons (Fsp3) is 0.833. The van der Waals surface area contributed by atoms with Gasteiger partial charge in [0, 0.05) is 12.3 Å². The molecule has 0 aliphatic carbocycles. The van der Waals surface area contributed by atoms with Gasteiger partial charge in [-0.3, -0.25) is 9.59 Å². The van der Waals surface area contributed by atoms with Crippen LogP contribution in [0.15, 0.2) is 0 Å². The van der Waals surface area contributed by atoms with Crippen LogP contribution in [0.5, 0.6) is 0 Å². The Labute approximate surface area is 91.9 Å². The predicted octanol–water partition coefficient (Wildman–Crippen LogP) is 2.74. The molecule has 0 aromatic carbocycles. The molecule has 15 heavy (non-hydrogen) atoms. The molecule has 1 unspecified atom stereocenters. The highest BCUT2D eigenvalue weighted by Crippen LogP contribution is 2.18. The summed E-state index contributed by atoms with van der Waals surface area (Å²) in [6.07, 6.45) is 1.52. The monoisotopic (exact) mass is 214 g/mol. The molecule has 0 aromatic rings. The molecule has 0 radical (unpaired) electrons. The van der Waals surface area contributed by atoms with E-state index in [-0.39, 0.29) is 17.6 Å². The van der Waals surface area contributed by atoms with Crippen LogP contribution in [0.25, 0.3) is 0 Å². The highest BCUT2D eigenvalue weighted by Gasteiger charge is 2.20. The Morgan fingerprint density at radius 2 is 1.67 bits per heavy atom. The summed E-state index contributed by atoms with van der Waals surface area (Å²) in [5, 5.41) is 8.96. The number of ketones is 1. The molecule has 3 heteroatoms. The van der Waals surface area contributed by atoms with Gasteiger partial charge in [0.1, 0.15) is 5.78 Å². The highest BCUT2D eigenvalue weighted by atomic mass is 16.4. The van der Waals surface area contributed by atoms with Gasteiger partial charge in [-0.25, -0.2) is 0 Å². The van der Waals surface area contributed by atoms with Crippen molar-refractivity contribution >= 4 is 11.8 Å². The van der Waals surface area contributed by atoms with Gasteiger partial charge < -0.3 is 5.11 Å². The van der Waals surface area contributed by atoms with Gasteiger partial charge in [0.05, 0.1) is 5.92 Å². The maximum atomic E-state index is 11.4. The van der Waals surface area contributed by atoms with Crippen LogP contribution in [0.3, 0.4) is 0 Å². The second kappa shape index (κ2) is 6.59. The van der Waals surface area contributed by atoms with Crippen molar-refractivity contribution in [3.05, 3.63) is 0 Å². The molecule has 0 aromatic heterocycles. The van der Waals surface area contributed by atoms with Crippen molar-refractivity contribution in [2.24, 2.45) is 17.8 Å². The zero-order chi connectivity index (χ0) is 12.0. The summed E-state index contributed by atoms with van der Waals surface area (Å²) >= 11 is 0. The molecule has 3 nitrogen and oxygen atoms in total. The van der Waals surface area contributed by atoms with E-state index < -0.39 is 5.97 Å². The zero-order valence-corrected chi connectivity index (χ0v) is 10.1. The number of carbonyl (C=O) groups excluding carboxylic acids is 1.